The van der Waals surface area contributed by atoms with Gasteiger partial charge in [0.15, 0.2) is 0 Å². The van der Waals surface area contributed by atoms with Crippen LogP contribution in [-0.4, -0.2) is 36.3 Å². The number of amides is 2. The summed E-state index contributed by atoms with van der Waals surface area (Å²) in [5.74, 6) is -4.85. The van der Waals surface area contributed by atoms with Crippen molar-refractivity contribution in [2.24, 2.45) is 0 Å². The molecule has 1 aliphatic carbocycles. The van der Waals surface area contributed by atoms with Gasteiger partial charge in [0.2, 0.25) is 5.91 Å². The van der Waals surface area contributed by atoms with Crippen molar-refractivity contribution in [3.05, 3.63) is 74.8 Å². The Hall–Kier alpha value is -2.93. The molecular formula is C24H17Cl2F9N2O2. The van der Waals surface area contributed by atoms with Crippen molar-refractivity contribution in [1.29, 1.82) is 0 Å². The molecule has 15 heteroatoms. The Kier molecular flexibility index (Phi) is 8.57. The van der Waals surface area contributed by atoms with Gasteiger partial charge in [0.1, 0.15) is 12.1 Å². The van der Waals surface area contributed by atoms with Gasteiger partial charge in [0.25, 0.3) is 5.91 Å². The normalized spacial score (nSPS) is 16.2. The van der Waals surface area contributed by atoms with E-state index in [-0.39, 0.29) is 34.0 Å². The second-order valence-electron chi connectivity index (χ2n) is 8.69. The zero-order valence-electron chi connectivity index (χ0n) is 19.3. The van der Waals surface area contributed by atoms with E-state index in [9.17, 15) is 49.1 Å². The van der Waals surface area contributed by atoms with Crippen LogP contribution in [0.3, 0.4) is 0 Å². The van der Waals surface area contributed by atoms with Gasteiger partial charge in [0, 0.05) is 0 Å². The lowest BCUT2D eigenvalue weighted by atomic mass is 9.96. The van der Waals surface area contributed by atoms with Crippen LogP contribution < -0.4 is 10.6 Å². The highest BCUT2D eigenvalue weighted by Gasteiger charge is 2.52. The standard InChI is InChI=1S/C24H17Cl2F9N2O2/c25-17-6-3-13(10-18(17)26)15(23(30,31)32)5-2-12-1-4-14(16(9-12)24(33,34)35)19(38)37-21(7-8-21)20(39)36-11-22(27,28)29/h1-6,9-10,15H,7-8,11H2,(H,36,39)(H,37,38). The third-order valence-corrected chi connectivity index (χ3v) is 6.46. The van der Waals surface area contributed by atoms with E-state index in [1.54, 1.807) is 5.32 Å². The highest BCUT2D eigenvalue weighted by Crippen LogP contribution is 2.40. The molecule has 1 fully saturated rings. The Morgan fingerprint density at radius 1 is 0.923 bits per heavy atom. The molecule has 0 aliphatic heterocycles. The highest BCUT2D eigenvalue weighted by molar-refractivity contribution is 6.42. The van der Waals surface area contributed by atoms with Crippen LogP contribution in [0.15, 0.2) is 42.5 Å². The number of carbonyl (C=O) groups is 2. The maximum Gasteiger partial charge on any atom is 0.417 e. The van der Waals surface area contributed by atoms with Crippen LogP contribution in [-0.2, 0) is 11.0 Å². The zero-order valence-corrected chi connectivity index (χ0v) is 20.8. The van der Waals surface area contributed by atoms with Gasteiger partial charge >= 0.3 is 18.5 Å². The Balaban J connectivity index is 1.88. The second-order valence-corrected chi connectivity index (χ2v) is 9.50. The van der Waals surface area contributed by atoms with E-state index in [1.807, 2.05) is 5.32 Å². The summed E-state index contributed by atoms with van der Waals surface area (Å²) in [6, 6.07) is 5.26. The number of carbonyl (C=O) groups excluding carboxylic acids is 2. The number of nitrogens with one attached hydrogen (secondary N) is 2. The molecule has 2 amide bonds. The van der Waals surface area contributed by atoms with E-state index < -0.39 is 59.5 Å². The molecular weight excluding hydrogens is 590 g/mol. The summed E-state index contributed by atoms with van der Waals surface area (Å²) in [5.41, 5.74) is -4.95. The fourth-order valence-electron chi connectivity index (χ4n) is 3.59. The van der Waals surface area contributed by atoms with Gasteiger partial charge in [0.05, 0.1) is 27.1 Å². The second kappa shape index (κ2) is 10.9. The molecule has 2 aromatic rings. The number of benzene rings is 2. The summed E-state index contributed by atoms with van der Waals surface area (Å²) in [5, 5.41) is 3.46. The molecule has 39 heavy (non-hydrogen) atoms. The number of rotatable bonds is 7. The molecule has 0 spiro atoms. The SMILES string of the molecule is O=C(NC1(C(=O)NCC(F)(F)F)CC1)c1ccc(C=CC(c2ccc(Cl)c(Cl)c2)C(F)(F)F)cc1C(F)(F)F. The molecule has 3 rings (SSSR count). The maximum atomic E-state index is 13.8. The molecule has 0 bridgehead atoms. The Morgan fingerprint density at radius 3 is 2.08 bits per heavy atom. The van der Waals surface area contributed by atoms with Crippen molar-refractivity contribution in [3.63, 3.8) is 0 Å². The lowest BCUT2D eigenvalue weighted by molar-refractivity contribution is -0.140. The van der Waals surface area contributed by atoms with Gasteiger partial charge in [-0.1, -0.05) is 47.5 Å². The van der Waals surface area contributed by atoms with Crippen molar-refractivity contribution in [2.75, 3.05) is 6.54 Å². The monoisotopic (exact) mass is 606 g/mol. The van der Waals surface area contributed by atoms with Gasteiger partial charge in [-0.15, -0.1) is 0 Å². The van der Waals surface area contributed by atoms with Crippen LogP contribution in [0.25, 0.3) is 6.08 Å². The lowest BCUT2D eigenvalue weighted by Crippen LogP contribution is -2.51. The maximum absolute atomic E-state index is 13.8. The van der Waals surface area contributed by atoms with Gasteiger partial charge in [-0.2, -0.15) is 39.5 Å². The molecule has 0 radical (unpaired) electrons. The Labute approximate surface area is 225 Å². The molecule has 1 aliphatic rings. The van der Waals surface area contributed by atoms with Gasteiger partial charge in [-0.25, -0.2) is 0 Å². The predicted octanol–water partition coefficient (Wildman–Crippen LogP) is 7.31. The molecule has 1 unspecified atom stereocenters. The van der Waals surface area contributed by atoms with Crippen LogP contribution in [0.5, 0.6) is 0 Å². The Morgan fingerprint density at radius 2 is 1.56 bits per heavy atom. The minimum Gasteiger partial charge on any atom is -0.345 e. The molecule has 2 aromatic carbocycles. The third kappa shape index (κ3) is 7.81. The van der Waals surface area contributed by atoms with E-state index in [0.29, 0.717) is 18.2 Å². The van der Waals surface area contributed by atoms with Crippen LogP contribution in [0.2, 0.25) is 10.0 Å². The van der Waals surface area contributed by atoms with Gasteiger partial charge < -0.3 is 10.6 Å². The van der Waals surface area contributed by atoms with Crippen molar-refractivity contribution < 1.29 is 49.1 Å². The van der Waals surface area contributed by atoms with Crippen LogP contribution in [0.1, 0.15) is 45.8 Å². The summed E-state index contributed by atoms with van der Waals surface area (Å²) in [6.07, 6.45) is -13.5. The van der Waals surface area contributed by atoms with E-state index in [2.05, 4.69) is 0 Å². The fourth-order valence-corrected chi connectivity index (χ4v) is 3.90. The molecule has 1 saturated carbocycles. The average molecular weight is 607 g/mol. The van der Waals surface area contributed by atoms with Crippen LogP contribution in [0, 0.1) is 0 Å². The minimum atomic E-state index is -5.14. The molecule has 0 aromatic heterocycles. The summed E-state index contributed by atoms with van der Waals surface area (Å²) in [4.78, 5) is 24.7. The quantitative estimate of drug-likeness (QED) is 0.325. The highest BCUT2D eigenvalue weighted by atomic mass is 35.5. The number of alkyl halides is 9. The number of allylic oxidation sites excluding steroid dienone is 1. The van der Waals surface area contributed by atoms with Crippen molar-refractivity contribution in [1.82, 2.24) is 10.6 Å². The topological polar surface area (TPSA) is 58.2 Å². The molecule has 4 nitrogen and oxygen atoms in total. The first-order valence-electron chi connectivity index (χ1n) is 10.9. The third-order valence-electron chi connectivity index (χ3n) is 5.72. The molecule has 1 atom stereocenters. The fraction of sp³-hybridized carbons (Fsp3) is 0.333. The van der Waals surface area contributed by atoms with Crippen molar-refractivity contribution >= 4 is 41.1 Å². The first-order chi connectivity index (χ1) is 17.8. The largest absolute Gasteiger partial charge is 0.417 e. The van der Waals surface area contributed by atoms with Crippen LogP contribution in [0.4, 0.5) is 39.5 Å². The summed E-state index contributed by atoms with van der Waals surface area (Å²) in [6.45, 7) is -1.70. The first kappa shape index (κ1) is 30.6. The molecule has 212 valence electrons. The smallest absolute Gasteiger partial charge is 0.345 e. The van der Waals surface area contributed by atoms with Crippen molar-refractivity contribution in [3.8, 4) is 0 Å². The van der Waals surface area contributed by atoms with Gasteiger partial charge in [-0.05, 0) is 48.2 Å². The van der Waals surface area contributed by atoms with E-state index in [1.165, 1.54) is 0 Å². The summed E-state index contributed by atoms with van der Waals surface area (Å²) < 4.78 is 119. The van der Waals surface area contributed by atoms with E-state index >= 15 is 0 Å². The molecule has 0 saturated heterocycles. The Bertz CT molecular complexity index is 1280. The van der Waals surface area contributed by atoms with Gasteiger partial charge in [-0.3, -0.25) is 9.59 Å². The minimum absolute atomic E-state index is 0.000170. The first-order valence-corrected chi connectivity index (χ1v) is 11.7. The van der Waals surface area contributed by atoms with Crippen LogP contribution >= 0.6 is 23.2 Å². The summed E-state index contributed by atoms with van der Waals surface area (Å²) in [7, 11) is 0. The number of hydrogen-bond donors (Lipinski definition) is 2. The van der Waals surface area contributed by atoms with E-state index in [4.69, 9.17) is 23.2 Å². The number of halogens is 11. The van der Waals surface area contributed by atoms with Crippen molar-refractivity contribution in [2.45, 2.75) is 42.8 Å². The zero-order chi connectivity index (χ0) is 29.4. The average Bonchev–Trinajstić information content (AvgIpc) is 3.58. The number of hydrogen-bond acceptors (Lipinski definition) is 2. The lowest BCUT2D eigenvalue weighted by Gasteiger charge is -2.20. The van der Waals surface area contributed by atoms with E-state index in [0.717, 1.165) is 30.3 Å². The molecule has 0 heterocycles. The molecule has 2 N–H and O–H groups in total. The predicted molar refractivity (Wildman–Crippen MR) is 124 cm³/mol. The summed E-state index contributed by atoms with van der Waals surface area (Å²) >= 11 is 11.5.